The summed E-state index contributed by atoms with van der Waals surface area (Å²) in [5.41, 5.74) is 1.30. The van der Waals surface area contributed by atoms with E-state index in [1.54, 1.807) is 6.20 Å². The summed E-state index contributed by atoms with van der Waals surface area (Å²) in [5, 5.41) is 5.22. The van der Waals surface area contributed by atoms with Crippen LogP contribution in [0.15, 0.2) is 6.20 Å². The van der Waals surface area contributed by atoms with Gasteiger partial charge in [-0.1, -0.05) is 11.6 Å². The van der Waals surface area contributed by atoms with Crippen molar-refractivity contribution in [2.75, 3.05) is 0 Å². The van der Waals surface area contributed by atoms with Crippen molar-refractivity contribution in [3.63, 3.8) is 0 Å². The van der Waals surface area contributed by atoms with Crippen LogP contribution in [0.1, 0.15) is 37.3 Å². The standard InChI is InChI=1S/C10H13ClN2/c11-9-5-12-13(6-7-1-2-7)10(9)8-3-4-8/h5,7-8H,1-4,6H2. The molecule has 2 aliphatic rings. The number of halogens is 1. The molecular weight excluding hydrogens is 184 g/mol. The quantitative estimate of drug-likeness (QED) is 0.727. The van der Waals surface area contributed by atoms with Gasteiger partial charge in [-0.3, -0.25) is 4.68 Å². The SMILES string of the molecule is Clc1cnn(CC2CC2)c1C1CC1. The molecule has 0 N–H and O–H groups in total. The van der Waals surface area contributed by atoms with Gasteiger partial charge in [0.05, 0.1) is 16.9 Å². The number of aromatic nitrogens is 2. The lowest BCUT2D eigenvalue weighted by Crippen LogP contribution is -2.05. The summed E-state index contributed by atoms with van der Waals surface area (Å²) in [6.45, 7) is 1.10. The molecule has 0 unspecified atom stereocenters. The summed E-state index contributed by atoms with van der Waals surface area (Å²) in [6.07, 6.45) is 7.16. The van der Waals surface area contributed by atoms with Crippen molar-refractivity contribution in [3.05, 3.63) is 16.9 Å². The number of nitrogens with zero attached hydrogens (tertiary/aromatic N) is 2. The highest BCUT2D eigenvalue weighted by Crippen LogP contribution is 2.44. The minimum atomic E-state index is 0.716. The predicted molar refractivity (Wildman–Crippen MR) is 51.9 cm³/mol. The summed E-state index contributed by atoms with van der Waals surface area (Å²) in [5.74, 6) is 1.60. The summed E-state index contributed by atoms with van der Waals surface area (Å²) in [6, 6.07) is 0. The molecule has 13 heavy (non-hydrogen) atoms. The Bertz CT molecular complexity index is 324. The van der Waals surface area contributed by atoms with Crippen molar-refractivity contribution in [2.24, 2.45) is 5.92 Å². The van der Waals surface area contributed by atoms with Gasteiger partial charge >= 0.3 is 0 Å². The molecule has 0 saturated heterocycles. The van der Waals surface area contributed by atoms with E-state index in [-0.39, 0.29) is 0 Å². The number of hydrogen-bond donors (Lipinski definition) is 0. The molecule has 0 amide bonds. The molecule has 1 aromatic rings. The number of rotatable bonds is 3. The van der Waals surface area contributed by atoms with Crippen molar-refractivity contribution in [3.8, 4) is 0 Å². The van der Waals surface area contributed by atoms with Gasteiger partial charge in [0.1, 0.15) is 0 Å². The Morgan fingerprint density at radius 1 is 1.38 bits per heavy atom. The Labute approximate surface area is 82.9 Å². The molecule has 3 rings (SSSR count). The first-order chi connectivity index (χ1) is 6.34. The van der Waals surface area contributed by atoms with E-state index < -0.39 is 0 Å². The third-order valence-corrected chi connectivity index (χ3v) is 3.22. The van der Waals surface area contributed by atoms with Crippen molar-refractivity contribution in [2.45, 2.75) is 38.1 Å². The van der Waals surface area contributed by atoms with Crippen LogP contribution in [0.4, 0.5) is 0 Å². The Kier molecular flexibility index (Phi) is 1.66. The van der Waals surface area contributed by atoms with E-state index in [1.165, 1.54) is 31.4 Å². The highest BCUT2D eigenvalue weighted by Gasteiger charge is 2.31. The summed E-state index contributed by atoms with van der Waals surface area (Å²) >= 11 is 6.10. The zero-order valence-electron chi connectivity index (χ0n) is 7.54. The van der Waals surface area contributed by atoms with E-state index in [2.05, 4.69) is 9.78 Å². The topological polar surface area (TPSA) is 17.8 Å². The molecule has 2 aliphatic carbocycles. The Morgan fingerprint density at radius 2 is 2.15 bits per heavy atom. The van der Waals surface area contributed by atoms with Gasteiger partial charge in [0.25, 0.3) is 0 Å². The zero-order chi connectivity index (χ0) is 8.84. The van der Waals surface area contributed by atoms with Crippen LogP contribution in [0.5, 0.6) is 0 Å². The molecule has 2 saturated carbocycles. The minimum Gasteiger partial charge on any atom is -0.267 e. The molecule has 0 spiro atoms. The van der Waals surface area contributed by atoms with E-state index in [0.717, 1.165) is 17.5 Å². The highest BCUT2D eigenvalue weighted by molar-refractivity contribution is 6.31. The molecule has 0 bridgehead atoms. The average Bonchev–Trinajstić information content (AvgIpc) is 2.95. The number of hydrogen-bond acceptors (Lipinski definition) is 1. The smallest absolute Gasteiger partial charge is 0.0820 e. The van der Waals surface area contributed by atoms with Gasteiger partial charge in [-0.2, -0.15) is 5.10 Å². The van der Waals surface area contributed by atoms with Crippen LogP contribution in [0.2, 0.25) is 5.02 Å². The Hall–Kier alpha value is -0.500. The molecule has 70 valence electrons. The molecule has 0 radical (unpaired) electrons. The second-order valence-corrected chi connectivity index (χ2v) is 4.68. The molecule has 0 atom stereocenters. The van der Waals surface area contributed by atoms with Crippen molar-refractivity contribution in [1.82, 2.24) is 9.78 Å². The lowest BCUT2D eigenvalue weighted by Gasteiger charge is -2.05. The first kappa shape index (κ1) is 7.86. The van der Waals surface area contributed by atoms with Gasteiger partial charge < -0.3 is 0 Å². The fraction of sp³-hybridized carbons (Fsp3) is 0.700. The maximum absolute atomic E-state index is 6.10. The molecule has 2 nitrogen and oxygen atoms in total. The second-order valence-electron chi connectivity index (χ2n) is 4.28. The van der Waals surface area contributed by atoms with E-state index in [1.807, 2.05) is 0 Å². The van der Waals surface area contributed by atoms with Crippen molar-refractivity contribution in [1.29, 1.82) is 0 Å². The average molecular weight is 197 g/mol. The molecule has 3 heteroatoms. The molecule has 1 heterocycles. The first-order valence-electron chi connectivity index (χ1n) is 5.06. The van der Waals surface area contributed by atoms with Crippen LogP contribution in [0, 0.1) is 5.92 Å². The van der Waals surface area contributed by atoms with Gasteiger partial charge in [-0.05, 0) is 31.6 Å². The predicted octanol–water partition coefficient (Wildman–Crippen LogP) is 2.82. The minimum absolute atomic E-state index is 0.716. The fourth-order valence-corrected chi connectivity index (χ4v) is 2.12. The molecule has 2 fully saturated rings. The summed E-state index contributed by atoms with van der Waals surface area (Å²) in [7, 11) is 0. The van der Waals surface area contributed by atoms with Gasteiger partial charge in [0, 0.05) is 12.5 Å². The maximum atomic E-state index is 6.10. The third kappa shape index (κ3) is 1.48. The second kappa shape index (κ2) is 2.74. The van der Waals surface area contributed by atoms with E-state index in [9.17, 15) is 0 Å². The lowest BCUT2D eigenvalue weighted by molar-refractivity contribution is 0.540. The molecule has 0 aliphatic heterocycles. The van der Waals surface area contributed by atoms with Crippen LogP contribution >= 0.6 is 11.6 Å². The molecular formula is C10H13ClN2. The summed E-state index contributed by atoms with van der Waals surface area (Å²) in [4.78, 5) is 0. The van der Waals surface area contributed by atoms with Gasteiger partial charge in [-0.15, -0.1) is 0 Å². The molecule has 1 aromatic heterocycles. The molecule has 0 aromatic carbocycles. The van der Waals surface area contributed by atoms with E-state index >= 15 is 0 Å². The maximum Gasteiger partial charge on any atom is 0.0820 e. The van der Waals surface area contributed by atoms with E-state index in [4.69, 9.17) is 11.6 Å². The van der Waals surface area contributed by atoms with Gasteiger partial charge in [-0.25, -0.2) is 0 Å². The van der Waals surface area contributed by atoms with E-state index in [0.29, 0.717) is 5.92 Å². The van der Waals surface area contributed by atoms with Crippen LogP contribution in [-0.2, 0) is 6.54 Å². The largest absolute Gasteiger partial charge is 0.267 e. The summed E-state index contributed by atoms with van der Waals surface area (Å²) < 4.78 is 2.14. The zero-order valence-corrected chi connectivity index (χ0v) is 8.30. The normalized spacial score (nSPS) is 22.2. The van der Waals surface area contributed by atoms with Crippen molar-refractivity contribution >= 4 is 11.6 Å². The first-order valence-corrected chi connectivity index (χ1v) is 5.43. The monoisotopic (exact) mass is 196 g/mol. The van der Waals surface area contributed by atoms with Crippen LogP contribution in [0.3, 0.4) is 0 Å². The fourth-order valence-electron chi connectivity index (χ4n) is 1.83. The Morgan fingerprint density at radius 3 is 2.77 bits per heavy atom. The van der Waals surface area contributed by atoms with Crippen molar-refractivity contribution < 1.29 is 0 Å². The Balaban J connectivity index is 1.88. The van der Waals surface area contributed by atoms with Gasteiger partial charge in [0.2, 0.25) is 0 Å². The van der Waals surface area contributed by atoms with Gasteiger partial charge in [0.15, 0.2) is 0 Å². The highest BCUT2D eigenvalue weighted by atomic mass is 35.5. The third-order valence-electron chi connectivity index (χ3n) is 2.93. The lowest BCUT2D eigenvalue weighted by atomic mass is 10.3. The van der Waals surface area contributed by atoms with Crippen LogP contribution in [-0.4, -0.2) is 9.78 Å². The van der Waals surface area contributed by atoms with Crippen LogP contribution in [0.25, 0.3) is 0 Å². The van der Waals surface area contributed by atoms with Crippen LogP contribution < -0.4 is 0 Å².